The van der Waals surface area contributed by atoms with Crippen LogP contribution in [0.15, 0.2) is 39.5 Å². The highest BCUT2D eigenvalue weighted by Gasteiger charge is 2.39. The molecule has 0 spiro atoms. The molecule has 4 atom stereocenters. The number of phenols is 3. The predicted octanol–water partition coefficient (Wildman–Crippen LogP) is 0.100. The van der Waals surface area contributed by atoms with Crippen LogP contribution in [0, 0.1) is 0 Å². The quantitative estimate of drug-likeness (QED) is 0.277. The number of hydrogen-bond acceptors (Lipinski definition) is 11. The van der Waals surface area contributed by atoms with Crippen molar-refractivity contribution < 1.29 is 49.6 Å². The van der Waals surface area contributed by atoms with Gasteiger partial charge in [0.25, 0.3) is 0 Å². The van der Waals surface area contributed by atoms with E-state index in [1.54, 1.807) is 0 Å². The van der Waals surface area contributed by atoms with E-state index in [0.717, 1.165) is 18.2 Å². The number of aliphatic hydroxyl groups is 3. The number of hydrogen-bond donors (Lipinski definition) is 7. The van der Waals surface area contributed by atoms with Crippen molar-refractivity contribution >= 4 is 11.0 Å². The van der Waals surface area contributed by atoms with Crippen LogP contribution in [0.3, 0.4) is 0 Å². The largest absolute Gasteiger partial charge is 0.507 e. The Kier molecular flexibility index (Phi) is 5.11. The van der Waals surface area contributed by atoms with Crippen LogP contribution in [0.2, 0.25) is 0 Å². The predicted molar refractivity (Wildman–Crippen MR) is 103 cm³/mol. The standard InChI is InChI=1S/C20H18O11/c21-9-2-1-7(3-10(9)22)19-17(27)16(26)14-11(23)4-8(5-13(14)31-19)30-20-18(28)15(25)12(24)6-29-20/h1-5,12,15,18,20-25,27-28H,6H2. The normalized spacial score (nSPS) is 23.7. The van der Waals surface area contributed by atoms with E-state index in [9.17, 15) is 40.5 Å². The van der Waals surface area contributed by atoms with E-state index in [4.69, 9.17) is 13.9 Å². The van der Waals surface area contributed by atoms with Gasteiger partial charge >= 0.3 is 0 Å². The number of benzene rings is 2. The number of fused-ring (bicyclic) bond motifs is 1. The first kappa shape index (κ1) is 20.8. The van der Waals surface area contributed by atoms with E-state index in [1.165, 1.54) is 12.1 Å². The molecular formula is C20H18O11. The summed E-state index contributed by atoms with van der Waals surface area (Å²) in [5.41, 5.74) is -1.09. The van der Waals surface area contributed by atoms with E-state index < -0.39 is 53.0 Å². The second-order valence-corrected chi connectivity index (χ2v) is 7.00. The number of ether oxygens (including phenoxy) is 2. The number of aromatic hydroxyl groups is 4. The SMILES string of the molecule is O=c1c(O)c(-c2ccc(O)c(O)c2)oc2cc(OC3OCC(O)C(O)C3O)cc(O)c12. The van der Waals surface area contributed by atoms with Gasteiger partial charge in [0.15, 0.2) is 17.3 Å². The molecule has 1 aliphatic rings. The molecule has 0 saturated carbocycles. The summed E-state index contributed by atoms with van der Waals surface area (Å²) in [5.74, 6) is -2.79. The van der Waals surface area contributed by atoms with Gasteiger partial charge in [0.1, 0.15) is 40.8 Å². The summed E-state index contributed by atoms with van der Waals surface area (Å²) in [4.78, 5) is 12.6. The lowest BCUT2D eigenvalue weighted by Gasteiger charge is -2.34. The van der Waals surface area contributed by atoms with Gasteiger partial charge in [-0.15, -0.1) is 0 Å². The van der Waals surface area contributed by atoms with Gasteiger partial charge in [-0.1, -0.05) is 0 Å². The maximum atomic E-state index is 12.6. The molecule has 1 aromatic heterocycles. The van der Waals surface area contributed by atoms with Crippen molar-refractivity contribution in [3.8, 4) is 40.1 Å². The Bertz CT molecular complexity index is 1200. The van der Waals surface area contributed by atoms with E-state index in [1.807, 2.05) is 0 Å². The van der Waals surface area contributed by atoms with Gasteiger partial charge in [-0.25, -0.2) is 0 Å². The fourth-order valence-electron chi connectivity index (χ4n) is 3.21. The Morgan fingerprint density at radius 2 is 1.65 bits per heavy atom. The number of rotatable bonds is 3. The molecule has 1 aliphatic heterocycles. The zero-order chi connectivity index (χ0) is 22.4. The van der Waals surface area contributed by atoms with Gasteiger partial charge in [-0.05, 0) is 18.2 Å². The third-order valence-corrected chi connectivity index (χ3v) is 4.87. The zero-order valence-electron chi connectivity index (χ0n) is 15.7. The fourth-order valence-corrected chi connectivity index (χ4v) is 3.21. The fraction of sp³-hybridized carbons (Fsp3) is 0.250. The van der Waals surface area contributed by atoms with E-state index in [2.05, 4.69) is 0 Å². The molecule has 1 fully saturated rings. The van der Waals surface area contributed by atoms with Gasteiger partial charge in [0, 0.05) is 17.7 Å². The smallest absolute Gasteiger partial charge is 0.238 e. The van der Waals surface area contributed by atoms with Gasteiger partial charge in [-0.2, -0.15) is 0 Å². The summed E-state index contributed by atoms with van der Waals surface area (Å²) in [6, 6.07) is 5.70. The molecule has 0 aliphatic carbocycles. The van der Waals surface area contributed by atoms with Crippen molar-refractivity contribution in [3.05, 3.63) is 40.6 Å². The summed E-state index contributed by atoms with van der Waals surface area (Å²) < 4.78 is 16.1. The van der Waals surface area contributed by atoms with Crippen LogP contribution in [0.1, 0.15) is 0 Å². The Labute approximate surface area is 173 Å². The van der Waals surface area contributed by atoms with E-state index >= 15 is 0 Å². The molecule has 0 bridgehead atoms. The molecule has 0 amide bonds. The minimum Gasteiger partial charge on any atom is -0.507 e. The summed E-state index contributed by atoms with van der Waals surface area (Å²) >= 11 is 0. The molecule has 2 heterocycles. The topological polar surface area (TPSA) is 190 Å². The number of aliphatic hydroxyl groups excluding tert-OH is 3. The second kappa shape index (κ2) is 7.63. The van der Waals surface area contributed by atoms with E-state index in [-0.39, 0.29) is 34.6 Å². The number of phenolic OH excluding ortho intramolecular Hbond substituents is 3. The lowest BCUT2D eigenvalue weighted by atomic mass is 10.1. The first-order chi connectivity index (χ1) is 14.7. The molecule has 3 aromatic rings. The molecule has 11 nitrogen and oxygen atoms in total. The molecule has 11 heteroatoms. The van der Waals surface area contributed by atoms with Crippen LogP contribution in [-0.2, 0) is 4.74 Å². The molecule has 0 radical (unpaired) electrons. The molecule has 2 aromatic carbocycles. The lowest BCUT2D eigenvalue weighted by molar-refractivity contribution is -0.242. The Morgan fingerprint density at radius 3 is 2.35 bits per heavy atom. The highest BCUT2D eigenvalue weighted by atomic mass is 16.7. The van der Waals surface area contributed by atoms with Crippen molar-refractivity contribution in [1.29, 1.82) is 0 Å². The van der Waals surface area contributed by atoms with Crippen LogP contribution in [-0.4, -0.2) is 67.0 Å². The monoisotopic (exact) mass is 434 g/mol. The second-order valence-electron chi connectivity index (χ2n) is 7.00. The maximum absolute atomic E-state index is 12.6. The van der Waals surface area contributed by atoms with Crippen molar-refractivity contribution in [3.63, 3.8) is 0 Å². The Balaban J connectivity index is 1.78. The average Bonchev–Trinajstić information content (AvgIpc) is 2.73. The Hall–Kier alpha value is -3.51. The summed E-state index contributed by atoms with van der Waals surface area (Å²) in [5, 5.41) is 68.6. The van der Waals surface area contributed by atoms with Crippen molar-refractivity contribution in [1.82, 2.24) is 0 Å². The lowest BCUT2D eigenvalue weighted by Crippen LogP contribution is -2.54. The molecule has 4 rings (SSSR count). The molecular weight excluding hydrogens is 416 g/mol. The molecule has 7 N–H and O–H groups in total. The van der Waals surface area contributed by atoms with Gasteiger partial charge in [0.2, 0.25) is 17.5 Å². The van der Waals surface area contributed by atoms with Crippen molar-refractivity contribution in [2.24, 2.45) is 0 Å². The molecule has 4 unspecified atom stereocenters. The summed E-state index contributed by atoms with van der Waals surface area (Å²) in [6.07, 6.45) is -5.79. The van der Waals surface area contributed by atoms with Gasteiger partial charge in [0.05, 0.1) is 6.61 Å². The van der Waals surface area contributed by atoms with Crippen LogP contribution < -0.4 is 10.2 Å². The zero-order valence-corrected chi connectivity index (χ0v) is 15.7. The molecule has 1 saturated heterocycles. The van der Waals surface area contributed by atoms with Crippen molar-refractivity contribution in [2.75, 3.05) is 6.61 Å². The van der Waals surface area contributed by atoms with Gasteiger partial charge in [-0.3, -0.25) is 4.79 Å². The minimum atomic E-state index is -1.59. The summed E-state index contributed by atoms with van der Waals surface area (Å²) in [6.45, 7) is -0.306. The molecule has 31 heavy (non-hydrogen) atoms. The highest BCUT2D eigenvalue weighted by Crippen LogP contribution is 2.38. The minimum absolute atomic E-state index is 0.0701. The Morgan fingerprint density at radius 1 is 0.903 bits per heavy atom. The summed E-state index contributed by atoms with van der Waals surface area (Å²) in [7, 11) is 0. The average molecular weight is 434 g/mol. The third kappa shape index (κ3) is 3.59. The van der Waals surface area contributed by atoms with Crippen molar-refractivity contribution in [2.45, 2.75) is 24.6 Å². The maximum Gasteiger partial charge on any atom is 0.238 e. The van der Waals surface area contributed by atoms with Crippen LogP contribution >= 0.6 is 0 Å². The van der Waals surface area contributed by atoms with Crippen LogP contribution in [0.25, 0.3) is 22.3 Å². The molecule has 164 valence electrons. The first-order valence-corrected chi connectivity index (χ1v) is 9.05. The van der Waals surface area contributed by atoms with Crippen LogP contribution in [0.4, 0.5) is 0 Å². The third-order valence-electron chi connectivity index (χ3n) is 4.87. The van der Waals surface area contributed by atoms with Gasteiger partial charge < -0.3 is 49.6 Å². The van der Waals surface area contributed by atoms with Crippen LogP contribution in [0.5, 0.6) is 28.7 Å². The highest BCUT2D eigenvalue weighted by molar-refractivity contribution is 5.88. The van der Waals surface area contributed by atoms with E-state index in [0.29, 0.717) is 0 Å². The first-order valence-electron chi connectivity index (χ1n) is 9.05.